The number of hydrogen-bond donors (Lipinski definition) is 1. The summed E-state index contributed by atoms with van der Waals surface area (Å²) in [6.45, 7) is 2.61. The number of benzene rings is 2. The molecule has 0 spiro atoms. The van der Waals surface area contributed by atoms with Gasteiger partial charge in [-0.05, 0) is 48.4 Å². The van der Waals surface area contributed by atoms with Crippen LogP contribution in [0.15, 0.2) is 36.4 Å². The van der Waals surface area contributed by atoms with Crippen LogP contribution in [0.25, 0.3) is 0 Å². The summed E-state index contributed by atoms with van der Waals surface area (Å²) in [5, 5.41) is 21.3. The Bertz CT molecular complexity index is 723. The van der Waals surface area contributed by atoms with Gasteiger partial charge in [0.1, 0.15) is 6.07 Å². The number of nitriles is 2. The van der Waals surface area contributed by atoms with E-state index in [1.807, 2.05) is 31.2 Å². The largest absolute Gasteiger partial charge is 0.381 e. The van der Waals surface area contributed by atoms with Gasteiger partial charge >= 0.3 is 0 Å². The lowest BCUT2D eigenvalue weighted by Crippen LogP contribution is -2.01. The smallest absolute Gasteiger partial charge is 0.101 e. The molecule has 0 heterocycles. The van der Waals surface area contributed by atoms with E-state index in [-0.39, 0.29) is 0 Å². The van der Waals surface area contributed by atoms with Crippen LogP contribution in [-0.4, -0.2) is 0 Å². The Balaban J connectivity index is 2.11. The van der Waals surface area contributed by atoms with E-state index in [1.165, 1.54) is 0 Å². The number of nitrogens with one attached hydrogen (secondary N) is 1. The molecule has 0 aliphatic heterocycles. The normalized spacial score (nSPS) is 9.60. The van der Waals surface area contributed by atoms with Gasteiger partial charge in [0, 0.05) is 12.2 Å². The summed E-state index contributed by atoms with van der Waals surface area (Å²) < 4.78 is 0. The van der Waals surface area contributed by atoms with Crippen LogP contribution in [0.3, 0.4) is 0 Å². The molecule has 0 aliphatic carbocycles. The molecule has 0 aromatic heterocycles. The zero-order valence-electron chi connectivity index (χ0n) is 10.9. The van der Waals surface area contributed by atoms with Crippen LogP contribution in [0.2, 0.25) is 5.02 Å². The number of halogens is 1. The standard InChI is InChI=1S/C16H12ClN3/c1-11-6-12(8-18)2-3-14(11)10-20-15-5-4-13(9-19)16(17)7-15/h2-7,20H,10H2,1H3. The van der Waals surface area contributed by atoms with Crippen LogP contribution in [0.5, 0.6) is 0 Å². The molecule has 0 saturated carbocycles. The minimum absolute atomic E-state index is 0.439. The first-order valence-corrected chi connectivity index (χ1v) is 6.45. The van der Waals surface area contributed by atoms with Crippen molar-refractivity contribution in [3.8, 4) is 12.1 Å². The molecular weight excluding hydrogens is 270 g/mol. The quantitative estimate of drug-likeness (QED) is 0.925. The van der Waals surface area contributed by atoms with Gasteiger partial charge in [-0.3, -0.25) is 0 Å². The van der Waals surface area contributed by atoms with Crippen molar-refractivity contribution in [1.82, 2.24) is 0 Å². The molecule has 0 fully saturated rings. The fraction of sp³-hybridized carbons (Fsp3) is 0.125. The minimum atomic E-state index is 0.439. The van der Waals surface area contributed by atoms with Gasteiger partial charge in [0.15, 0.2) is 0 Å². The van der Waals surface area contributed by atoms with Gasteiger partial charge in [0.25, 0.3) is 0 Å². The first-order valence-electron chi connectivity index (χ1n) is 6.07. The van der Waals surface area contributed by atoms with Gasteiger partial charge in [-0.15, -0.1) is 0 Å². The fourth-order valence-corrected chi connectivity index (χ4v) is 2.10. The highest BCUT2D eigenvalue weighted by Crippen LogP contribution is 2.21. The molecular formula is C16H12ClN3. The molecule has 0 unspecified atom stereocenters. The van der Waals surface area contributed by atoms with Crippen molar-refractivity contribution in [1.29, 1.82) is 10.5 Å². The molecule has 2 aromatic carbocycles. The SMILES string of the molecule is Cc1cc(C#N)ccc1CNc1ccc(C#N)c(Cl)c1. The summed E-state index contributed by atoms with van der Waals surface area (Å²) in [7, 11) is 0. The Morgan fingerprint density at radius 3 is 2.50 bits per heavy atom. The van der Waals surface area contributed by atoms with E-state index in [4.69, 9.17) is 22.1 Å². The van der Waals surface area contributed by atoms with E-state index in [9.17, 15) is 0 Å². The predicted octanol–water partition coefficient (Wildman–Crippen LogP) is 4.00. The monoisotopic (exact) mass is 281 g/mol. The van der Waals surface area contributed by atoms with Crippen molar-refractivity contribution in [3.05, 3.63) is 63.7 Å². The highest BCUT2D eigenvalue weighted by atomic mass is 35.5. The number of rotatable bonds is 3. The summed E-state index contributed by atoms with van der Waals surface area (Å²) in [6.07, 6.45) is 0. The van der Waals surface area contributed by atoms with Gasteiger partial charge in [-0.1, -0.05) is 17.7 Å². The third-order valence-corrected chi connectivity index (χ3v) is 3.36. The maximum Gasteiger partial charge on any atom is 0.101 e. The molecule has 98 valence electrons. The molecule has 0 aliphatic rings. The second kappa shape index (κ2) is 6.10. The Morgan fingerprint density at radius 2 is 1.90 bits per heavy atom. The summed E-state index contributed by atoms with van der Waals surface area (Å²) >= 11 is 5.98. The number of nitrogens with zero attached hydrogens (tertiary/aromatic N) is 2. The molecule has 4 heteroatoms. The van der Waals surface area contributed by atoms with Crippen LogP contribution in [0.1, 0.15) is 22.3 Å². The molecule has 0 atom stereocenters. The number of hydrogen-bond acceptors (Lipinski definition) is 3. The Morgan fingerprint density at radius 1 is 1.10 bits per heavy atom. The molecule has 2 rings (SSSR count). The van der Waals surface area contributed by atoms with Gasteiger partial charge in [0.2, 0.25) is 0 Å². The summed E-state index contributed by atoms with van der Waals surface area (Å²) in [4.78, 5) is 0. The summed E-state index contributed by atoms with van der Waals surface area (Å²) in [5.74, 6) is 0. The highest BCUT2D eigenvalue weighted by molar-refractivity contribution is 6.32. The Hall–Kier alpha value is -2.49. The molecule has 20 heavy (non-hydrogen) atoms. The number of anilines is 1. The van der Waals surface area contributed by atoms with Crippen molar-refractivity contribution in [2.75, 3.05) is 5.32 Å². The first-order chi connectivity index (χ1) is 9.63. The van der Waals surface area contributed by atoms with Crippen LogP contribution < -0.4 is 5.32 Å². The summed E-state index contributed by atoms with van der Waals surface area (Å²) in [6, 6.07) is 15.0. The molecule has 2 aromatic rings. The topological polar surface area (TPSA) is 59.6 Å². The molecule has 1 N–H and O–H groups in total. The van der Waals surface area contributed by atoms with E-state index in [0.29, 0.717) is 22.7 Å². The van der Waals surface area contributed by atoms with Crippen molar-refractivity contribution in [2.45, 2.75) is 13.5 Å². The van der Waals surface area contributed by atoms with E-state index in [2.05, 4.69) is 11.4 Å². The Kier molecular flexibility index (Phi) is 4.25. The minimum Gasteiger partial charge on any atom is -0.381 e. The van der Waals surface area contributed by atoms with E-state index in [1.54, 1.807) is 18.2 Å². The summed E-state index contributed by atoms with van der Waals surface area (Å²) in [5.41, 5.74) is 4.16. The van der Waals surface area contributed by atoms with Crippen molar-refractivity contribution >= 4 is 17.3 Å². The van der Waals surface area contributed by atoms with Crippen molar-refractivity contribution in [3.63, 3.8) is 0 Å². The molecule has 3 nitrogen and oxygen atoms in total. The fourth-order valence-electron chi connectivity index (χ4n) is 1.88. The molecule has 0 bridgehead atoms. The third kappa shape index (κ3) is 3.09. The maximum absolute atomic E-state index is 8.83. The van der Waals surface area contributed by atoms with Crippen molar-refractivity contribution < 1.29 is 0 Å². The van der Waals surface area contributed by atoms with E-state index in [0.717, 1.165) is 16.8 Å². The Labute approximate surface area is 123 Å². The van der Waals surface area contributed by atoms with Crippen molar-refractivity contribution in [2.24, 2.45) is 0 Å². The van der Waals surface area contributed by atoms with Crippen LogP contribution in [0, 0.1) is 29.6 Å². The number of aryl methyl sites for hydroxylation is 1. The molecule has 0 saturated heterocycles. The van der Waals surface area contributed by atoms with Crippen LogP contribution in [-0.2, 0) is 6.54 Å². The lowest BCUT2D eigenvalue weighted by Gasteiger charge is -2.10. The van der Waals surface area contributed by atoms with Gasteiger partial charge in [0.05, 0.1) is 22.2 Å². The lowest BCUT2D eigenvalue weighted by atomic mass is 10.1. The third-order valence-electron chi connectivity index (χ3n) is 3.04. The van der Waals surface area contributed by atoms with Crippen LogP contribution in [0.4, 0.5) is 5.69 Å². The molecule has 0 radical (unpaired) electrons. The van der Waals surface area contributed by atoms with E-state index >= 15 is 0 Å². The van der Waals surface area contributed by atoms with Gasteiger partial charge in [-0.2, -0.15) is 10.5 Å². The van der Waals surface area contributed by atoms with E-state index < -0.39 is 0 Å². The zero-order chi connectivity index (χ0) is 14.5. The second-order valence-electron chi connectivity index (χ2n) is 4.41. The van der Waals surface area contributed by atoms with Gasteiger partial charge < -0.3 is 5.32 Å². The first kappa shape index (κ1) is 13.9. The molecule has 0 amide bonds. The van der Waals surface area contributed by atoms with Gasteiger partial charge in [-0.25, -0.2) is 0 Å². The van der Waals surface area contributed by atoms with Crippen LogP contribution >= 0.6 is 11.6 Å². The second-order valence-corrected chi connectivity index (χ2v) is 4.82. The lowest BCUT2D eigenvalue weighted by molar-refractivity contribution is 1.12. The highest BCUT2D eigenvalue weighted by Gasteiger charge is 2.03. The average Bonchev–Trinajstić information content (AvgIpc) is 2.46. The maximum atomic E-state index is 8.83. The predicted molar refractivity (Wildman–Crippen MR) is 79.4 cm³/mol. The average molecular weight is 282 g/mol. The zero-order valence-corrected chi connectivity index (χ0v) is 11.7.